The average molecular weight is 849 g/mol. The van der Waals surface area contributed by atoms with Crippen molar-refractivity contribution in [2.45, 2.75) is 232 Å². The number of unbranched alkanes of at least 4 members (excludes halogenated alkanes) is 19. The van der Waals surface area contributed by atoms with Crippen LogP contribution in [0, 0.1) is 0 Å². The minimum Gasteiger partial charge on any atom is -0.462 e. The largest absolute Gasteiger partial charge is 0.462 e. The molecule has 0 aromatic heterocycles. The minimum absolute atomic E-state index is 0.102. The summed E-state index contributed by atoms with van der Waals surface area (Å²) in [5.74, 6) is -0.979. The Labute approximate surface area is 375 Å². The van der Waals surface area contributed by atoms with E-state index < -0.39 is 6.10 Å². The molecule has 0 rings (SSSR count). The van der Waals surface area contributed by atoms with Crippen molar-refractivity contribution in [1.29, 1.82) is 0 Å². The fourth-order valence-corrected chi connectivity index (χ4v) is 6.55. The Balaban J connectivity index is 4.46. The van der Waals surface area contributed by atoms with Crippen molar-refractivity contribution in [3.05, 3.63) is 85.1 Å². The molecule has 0 bridgehead atoms. The Morgan fingerprint density at radius 3 is 0.984 bits per heavy atom. The normalized spacial score (nSPS) is 12.8. The van der Waals surface area contributed by atoms with E-state index in [0.717, 1.165) is 89.9 Å². The molecule has 0 unspecified atom stereocenters. The second kappa shape index (κ2) is 49.2. The van der Waals surface area contributed by atoms with Gasteiger partial charge in [0.1, 0.15) is 13.2 Å². The van der Waals surface area contributed by atoms with Crippen molar-refractivity contribution >= 4 is 17.9 Å². The molecular formula is C55H92O6. The topological polar surface area (TPSA) is 78.9 Å². The van der Waals surface area contributed by atoms with Crippen LogP contribution in [-0.2, 0) is 28.6 Å². The molecule has 0 aliphatic heterocycles. The van der Waals surface area contributed by atoms with E-state index in [0.29, 0.717) is 19.3 Å². The molecule has 0 aromatic rings. The molecule has 61 heavy (non-hydrogen) atoms. The van der Waals surface area contributed by atoms with Crippen LogP contribution in [0.4, 0.5) is 0 Å². The van der Waals surface area contributed by atoms with Gasteiger partial charge in [-0.1, -0.05) is 189 Å². The molecule has 6 heteroatoms. The van der Waals surface area contributed by atoms with Gasteiger partial charge in [-0.2, -0.15) is 0 Å². The van der Waals surface area contributed by atoms with E-state index in [1.165, 1.54) is 89.9 Å². The van der Waals surface area contributed by atoms with Gasteiger partial charge in [-0.3, -0.25) is 14.4 Å². The van der Waals surface area contributed by atoms with Crippen LogP contribution in [0.1, 0.15) is 226 Å². The Kier molecular flexibility index (Phi) is 46.5. The van der Waals surface area contributed by atoms with Crippen molar-refractivity contribution in [1.82, 2.24) is 0 Å². The number of esters is 3. The van der Waals surface area contributed by atoms with Crippen molar-refractivity contribution in [2.75, 3.05) is 13.2 Å². The molecule has 0 saturated carbocycles. The van der Waals surface area contributed by atoms with E-state index in [-0.39, 0.29) is 37.5 Å². The van der Waals surface area contributed by atoms with Crippen LogP contribution in [-0.4, -0.2) is 37.2 Å². The Hall–Kier alpha value is -3.41. The first-order valence-electron chi connectivity index (χ1n) is 25.1. The van der Waals surface area contributed by atoms with Gasteiger partial charge in [-0.25, -0.2) is 0 Å². The van der Waals surface area contributed by atoms with E-state index in [1.807, 2.05) is 0 Å². The maximum Gasteiger partial charge on any atom is 0.306 e. The van der Waals surface area contributed by atoms with Crippen molar-refractivity contribution in [3.8, 4) is 0 Å². The number of ether oxygens (including phenoxy) is 3. The summed E-state index contributed by atoms with van der Waals surface area (Å²) in [4.78, 5) is 37.8. The molecule has 0 heterocycles. The van der Waals surface area contributed by atoms with Crippen LogP contribution in [0.3, 0.4) is 0 Å². The maximum absolute atomic E-state index is 12.7. The Morgan fingerprint density at radius 1 is 0.328 bits per heavy atom. The monoisotopic (exact) mass is 849 g/mol. The van der Waals surface area contributed by atoms with Gasteiger partial charge in [-0.15, -0.1) is 0 Å². The SMILES string of the molecule is CCCCC/C=C\C/C=C\C/C=C\C/C=C\CCCCCC(=O)OC[C@@H](COC(=O)CCCCCCCCCCC)OC(=O)CCCC/C=C\C/C=C\C/C=C\CCCCC. The van der Waals surface area contributed by atoms with Crippen LogP contribution >= 0.6 is 0 Å². The predicted octanol–water partition coefficient (Wildman–Crippen LogP) is 16.4. The molecule has 0 N–H and O–H groups in total. The summed E-state index contributed by atoms with van der Waals surface area (Å²) < 4.78 is 16.7. The summed E-state index contributed by atoms with van der Waals surface area (Å²) in [5, 5.41) is 0. The molecule has 6 nitrogen and oxygen atoms in total. The zero-order chi connectivity index (χ0) is 44.4. The third-order valence-electron chi connectivity index (χ3n) is 10.4. The Morgan fingerprint density at radius 2 is 0.590 bits per heavy atom. The van der Waals surface area contributed by atoms with Gasteiger partial charge in [0, 0.05) is 19.3 Å². The minimum atomic E-state index is -0.807. The second-order valence-corrected chi connectivity index (χ2v) is 16.4. The lowest BCUT2D eigenvalue weighted by molar-refractivity contribution is -0.167. The third-order valence-corrected chi connectivity index (χ3v) is 10.4. The lowest BCUT2D eigenvalue weighted by Gasteiger charge is -2.18. The fraction of sp³-hybridized carbons (Fsp3) is 0.691. The summed E-state index contributed by atoms with van der Waals surface area (Å²) in [6.07, 6.45) is 62.8. The van der Waals surface area contributed by atoms with Crippen LogP contribution < -0.4 is 0 Å². The molecule has 0 aliphatic carbocycles. The molecule has 0 saturated heterocycles. The highest BCUT2D eigenvalue weighted by Crippen LogP contribution is 2.13. The van der Waals surface area contributed by atoms with Crippen molar-refractivity contribution in [2.24, 2.45) is 0 Å². The van der Waals surface area contributed by atoms with Gasteiger partial charge in [0.15, 0.2) is 6.10 Å². The third kappa shape index (κ3) is 47.5. The standard InChI is InChI=1S/C55H92O6/c1-4-7-10-13-16-19-21-23-25-26-27-28-30-31-33-36-39-42-45-48-54(57)60-51-52(50-59-53(56)47-44-41-38-35-18-15-12-9-6-3)61-55(58)49-46-43-40-37-34-32-29-24-22-20-17-14-11-8-5-2/h16-17,19-20,23-25,27-29,31,33-34,37,52H,4-15,18,21-22,26,30,32,35-36,38-51H2,1-3H3/b19-16-,20-17-,25-23-,28-27-,29-24-,33-31-,37-34-/t52-/m1/s1. The summed E-state index contributed by atoms with van der Waals surface area (Å²) >= 11 is 0. The first-order chi connectivity index (χ1) is 30.0. The smallest absolute Gasteiger partial charge is 0.306 e. The first-order valence-corrected chi connectivity index (χ1v) is 25.1. The molecule has 0 aliphatic rings. The summed E-state index contributed by atoms with van der Waals surface area (Å²) in [6, 6.07) is 0. The van der Waals surface area contributed by atoms with Crippen molar-refractivity contribution in [3.63, 3.8) is 0 Å². The van der Waals surface area contributed by atoms with Crippen molar-refractivity contribution < 1.29 is 28.6 Å². The lowest BCUT2D eigenvalue weighted by atomic mass is 10.1. The van der Waals surface area contributed by atoms with Gasteiger partial charge in [0.25, 0.3) is 0 Å². The highest BCUT2D eigenvalue weighted by molar-refractivity contribution is 5.71. The number of hydrogen-bond acceptors (Lipinski definition) is 6. The van der Waals surface area contributed by atoms with E-state index in [2.05, 4.69) is 106 Å². The van der Waals surface area contributed by atoms with Gasteiger partial charge in [-0.05, 0) is 103 Å². The second-order valence-electron chi connectivity index (χ2n) is 16.4. The molecule has 0 aromatic carbocycles. The number of carbonyl (C=O) groups is 3. The highest BCUT2D eigenvalue weighted by Gasteiger charge is 2.19. The molecule has 0 radical (unpaired) electrons. The number of hydrogen-bond donors (Lipinski definition) is 0. The molecule has 0 fully saturated rings. The zero-order valence-electron chi connectivity index (χ0n) is 39.7. The lowest BCUT2D eigenvalue weighted by Crippen LogP contribution is -2.30. The predicted molar refractivity (Wildman–Crippen MR) is 261 cm³/mol. The van der Waals surface area contributed by atoms with E-state index in [4.69, 9.17) is 14.2 Å². The number of allylic oxidation sites excluding steroid dienone is 14. The number of carbonyl (C=O) groups excluding carboxylic acids is 3. The summed E-state index contributed by atoms with van der Waals surface area (Å²) in [6.45, 7) is 6.49. The quantitative estimate of drug-likeness (QED) is 0.0263. The molecular weight excluding hydrogens is 757 g/mol. The summed E-state index contributed by atoms with van der Waals surface area (Å²) in [7, 11) is 0. The fourth-order valence-electron chi connectivity index (χ4n) is 6.55. The number of rotatable bonds is 44. The molecule has 348 valence electrons. The Bertz CT molecular complexity index is 1200. The van der Waals surface area contributed by atoms with Crippen LogP contribution in [0.25, 0.3) is 0 Å². The van der Waals surface area contributed by atoms with Crippen LogP contribution in [0.15, 0.2) is 85.1 Å². The van der Waals surface area contributed by atoms with Crippen LogP contribution in [0.2, 0.25) is 0 Å². The first kappa shape index (κ1) is 57.6. The molecule has 0 amide bonds. The van der Waals surface area contributed by atoms with Gasteiger partial charge in [0.05, 0.1) is 0 Å². The maximum atomic E-state index is 12.7. The molecule has 1 atom stereocenters. The highest BCUT2D eigenvalue weighted by atomic mass is 16.6. The zero-order valence-corrected chi connectivity index (χ0v) is 39.7. The van der Waals surface area contributed by atoms with Crippen LogP contribution in [0.5, 0.6) is 0 Å². The van der Waals surface area contributed by atoms with Gasteiger partial charge < -0.3 is 14.2 Å². The van der Waals surface area contributed by atoms with E-state index in [9.17, 15) is 14.4 Å². The van der Waals surface area contributed by atoms with Gasteiger partial charge >= 0.3 is 17.9 Å². The molecule has 0 spiro atoms. The van der Waals surface area contributed by atoms with Gasteiger partial charge in [0.2, 0.25) is 0 Å². The van der Waals surface area contributed by atoms with E-state index >= 15 is 0 Å². The summed E-state index contributed by atoms with van der Waals surface area (Å²) in [5.41, 5.74) is 0. The average Bonchev–Trinajstić information content (AvgIpc) is 3.26. The van der Waals surface area contributed by atoms with E-state index in [1.54, 1.807) is 0 Å².